The standard InChI is InChI=1S/C15H15FN2O/c1-10-3-6-12(7-4-10)18(2)15(19)13-9-11(16)5-8-14(13)17/h3-9H,17H2,1-2H3. The summed E-state index contributed by atoms with van der Waals surface area (Å²) in [5.74, 6) is -0.810. The maximum Gasteiger partial charge on any atom is 0.260 e. The van der Waals surface area contributed by atoms with Crippen LogP contribution in [-0.4, -0.2) is 13.0 Å². The van der Waals surface area contributed by atoms with Crippen LogP contribution in [0.4, 0.5) is 15.8 Å². The van der Waals surface area contributed by atoms with Gasteiger partial charge in [0.1, 0.15) is 5.82 Å². The van der Waals surface area contributed by atoms with E-state index in [0.29, 0.717) is 0 Å². The molecule has 98 valence electrons. The number of hydrogen-bond donors (Lipinski definition) is 1. The normalized spacial score (nSPS) is 10.3. The van der Waals surface area contributed by atoms with Gasteiger partial charge in [-0.3, -0.25) is 4.79 Å². The van der Waals surface area contributed by atoms with Gasteiger partial charge in [-0.1, -0.05) is 17.7 Å². The van der Waals surface area contributed by atoms with Crippen molar-refractivity contribution in [3.05, 3.63) is 59.4 Å². The highest BCUT2D eigenvalue weighted by Crippen LogP contribution is 2.20. The molecule has 19 heavy (non-hydrogen) atoms. The van der Waals surface area contributed by atoms with Gasteiger partial charge in [0.15, 0.2) is 0 Å². The van der Waals surface area contributed by atoms with E-state index >= 15 is 0 Å². The number of nitrogens with zero attached hydrogens (tertiary/aromatic N) is 1. The van der Waals surface area contributed by atoms with Gasteiger partial charge in [-0.15, -0.1) is 0 Å². The summed E-state index contributed by atoms with van der Waals surface area (Å²) in [4.78, 5) is 13.7. The van der Waals surface area contributed by atoms with Gasteiger partial charge in [-0.2, -0.15) is 0 Å². The topological polar surface area (TPSA) is 46.3 Å². The summed E-state index contributed by atoms with van der Waals surface area (Å²) >= 11 is 0. The highest BCUT2D eigenvalue weighted by molar-refractivity contribution is 6.08. The number of hydrogen-bond acceptors (Lipinski definition) is 2. The highest BCUT2D eigenvalue weighted by atomic mass is 19.1. The summed E-state index contributed by atoms with van der Waals surface area (Å²) in [6.45, 7) is 1.97. The number of carbonyl (C=O) groups is 1. The minimum absolute atomic E-state index is 0.170. The molecule has 0 saturated carbocycles. The van der Waals surface area contributed by atoms with Crippen LogP contribution >= 0.6 is 0 Å². The Kier molecular flexibility index (Phi) is 3.51. The van der Waals surface area contributed by atoms with Gasteiger partial charge in [0.25, 0.3) is 5.91 Å². The van der Waals surface area contributed by atoms with E-state index in [0.717, 1.165) is 17.3 Å². The number of carbonyl (C=O) groups excluding carboxylic acids is 1. The summed E-state index contributed by atoms with van der Waals surface area (Å²) in [6.07, 6.45) is 0. The van der Waals surface area contributed by atoms with E-state index in [2.05, 4.69) is 0 Å². The van der Waals surface area contributed by atoms with E-state index < -0.39 is 5.82 Å². The highest BCUT2D eigenvalue weighted by Gasteiger charge is 2.16. The van der Waals surface area contributed by atoms with Crippen molar-refractivity contribution in [2.45, 2.75) is 6.92 Å². The van der Waals surface area contributed by atoms with Crippen LogP contribution < -0.4 is 10.6 Å². The maximum atomic E-state index is 13.2. The Morgan fingerprint density at radius 3 is 2.42 bits per heavy atom. The van der Waals surface area contributed by atoms with Crippen LogP contribution in [0.2, 0.25) is 0 Å². The van der Waals surface area contributed by atoms with Crippen molar-refractivity contribution in [1.29, 1.82) is 0 Å². The molecule has 2 N–H and O–H groups in total. The first-order valence-corrected chi connectivity index (χ1v) is 5.89. The summed E-state index contributed by atoms with van der Waals surface area (Å²) in [5, 5.41) is 0. The third-order valence-corrected chi connectivity index (χ3v) is 2.97. The Balaban J connectivity index is 2.33. The molecule has 0 heterocycles. The SMILES string of the molecule is Cc1ccc(N(C)C(=O)c2cc(F)ccc2N)cc1. The lowest BCUT2D eigenvalue weighted by Gasteiger charge is -2.18. The van der Waals surface area contributed by atoms with Gasteiger partial charge in [0, 0.05) is 18.4 Å². The minimum Gasteiger partial charge on any atom is -0.398 e. The molecule has 3 nitrogen and oxygen atoms in total. The van der Waals surface area contributed by atoms with Crippen LogP contribution in [0.3, 0.4) is 0 Å². The van der Waals surface area contributed by atoms with E-state index in [4.69, 9.17) is 5.73 Å². The molecule has 0 unspecified atom stereocenters. The van der Waals surface area contributed by atoms with Gasteiger partial charge < -0.3 is 10.6 Å². The van der Waals surface area contributed by atoms with Crippen LogP contribution in [0.15, 0.2) is 42.5 Å². The molecule has 0 aromatic heterocycles. The van der Waals surface area contributed by atoms with E-state index in [1.165, 1.54) is 17.0 Å². The predicted octanol–water partition coefficient (Wildman–Crippen LogP) is 2.99. The number of aryl methyl sites for hydroxylation is 1. The Morgan fingerprint density at radius 2 is 1.79 bits per heavy atom. The quantitative estimate of drug-likeness (QED) is 0.842. The minimum atomic E-state index is -0.477. The van der Waals surface area contributed by atoms with Crippen molar-refractivity contribution in [3.8, 4) is 0 Å². The fourth-order valence-electron chi connectivity index (χ4n) is 1.78. The number of nitrogen functional groups attached to an aromatic ring is 1. The van der Waals surface area contributed by atoms with Crippen molar-refractivity contribution in [2.75, 3.05) is 17.7 Å². The largest absolute Gasteiger partial charge is 0.398 e. The Hall–Kier alpha value is -2.36. The number of anilines is 2. The van der Waals surface area contributed by atoms with Gasteiger partial charge in [-0.25, -0.2) is 4.39 Å². The second-order valence-corrected chi connectivity index (χ2v) is 4.43. The van der Waals surface area contributed by atoms with Crippen LogP contribution in [0.1, 0.15) is 15.9 Å². The average Bonchev–Trinajstić information content (AvgIpc) is 2.41. The molecule has 2 aromatic rings. The van der Waals surface area contributed by atoms with Gasteiger partial charge in [0.05, 0.1) is 5.56 Å². The zero-order valence-corrected chi connectivity index (χ0v) is 10.9. The second kappa shape index (κ2) is 5.10. The van der Waals surface area contributed by atoms with E-state index in [1.54, 1.807) is 7.05 Å². The molecule has 2 aromatic carbocycles. The molecule has 0 bridgehead atoms. The maximum absolute atomic E-state index is 13.2. The number of halogens is 1. The van der Waals surface area contributed by atoms with Crippen molar-refractivity contribution >= 4 is 17.3 Å². The monoisotopic (exact) mass is 258 g/mol. The first kappa shape index (κ1) is 13.1. The number of amides is 1. The fraction of sp³-hybridized carbons (Fsp3) is 0.133. The molecule has 2 rings (SSSR count). The molecule has 4 heteroatoms. The third-order valence-electron chi connectivity index (χ3n) is 2.97. The first-order chi connectivity index (χ1) is 8.99. The van der Waals surface area contributed by atoms with Gasteiger partial charge in [0.2, 0.25) is 0 Å². The zero-order chi connectivity index (χ0) is 14.0. The molecule has 0 radical (unpaired) electrons. The van der Waals surface area contributed by atoms with E-state index in [9.17, 15) is 9.18 Å². The third kappa shape index (κ3) is 2.73. The summed E-state index contributed by atoms with van der Waals surface area (Å²) in [5.41, 5.74) is 8.00. The Labute approximate surface area is 111 Å². The molecule has 0 aliphatic heterocycles. The van der Waals surface area contributed by atoms with Crippen molar-refractivity contribution in [1.82, 2.24) is 0 Å². The zero-order valence-electron chi connectivity index (χ0n) is 10.9. The number of benzene rings is 2. The summed E-state index contributed by atoms with van der Waals surface area (Å²) < 4.78 is 13.2. The lowest BCUT2D eigenvalue weighted by atomic mass is 10.1. The first-order valence-electron chi connectivity index (χ1n) is 5.89. The fourth-order valence-corrected chi connectivity index (χ4v) is 1.78. The molecule has 0 spiro atoms. The average molecular weight is 258 g/mol. The number of nitrogens with two attached hydrogens (primary N) is 1. The Bertz CT molecular complexity index is 608. The lowest BCUT2D eigenvalue weighted by molar-refractivity contribution is 0.0993. The van der Waals surface area contributed by atoms with Crippen molar-refractivity contribution < 1.29 is 9.18 Å². The summed E-state index contributed by atoms with van der Waals surface area (Å²) in [6, 6.07) is 11.3. The molecule has 0 atom stereocenters. The van der Waals surface area contributed by atoms with E-state index in [1.807, 2.05) is 31.2 Å². The molecule has 0 aliphatic carbocycles. The van der Waals surface area contributed by atoms with Crippen LogP contribution in [0.25, 0.3) is 0 Å². The smallest absolute Gasteiger partial charge is 0.260 e. The predicted molar refractivity (Wildman–Crippen MR) is 74.7 cm³/mol. The second-order valence-electron chi connectivity index (χ2n) is 4.43. The van der Waals surface area contributed by atoms with E-state index in [-0.39, 0.29) is 17.2 Å². The summed E-state index contributed by atoms with van der Waals surface area (Å²) in [7, 11) is 1.64. The van der Waals surface area contributed by atoms with Crippen molar-refractivity contribution in [3.63, 3.8) is 0 Å². The van der Waals surface area contributed by atoms with Gasteiger partial charge in [-0.05, 0) is 37.3 Å². The van der Waals surface area contributed by atoms with Crippen LogP contribution in [0.5, 0.6) is 0 Å². The van der Waals surface area contributed by atoms with Crippen molar-refractivity contribution in [2.24, 2.45) is 0 Å². The van der Waals surface area contributed by atoms with Crippen LogP contribution in [-0.2, 0) is 0 Å². The molecule has 0 aliphatic rings. The lowest BCUT2D eigenvalue weighted by Crippen LogP contribution is -2.27. The molecule has 0 fully saturated rings. The Morgan fingerprint density at radius 1 is 1.16 bits per heavy atom. The molecule has 0 saturated heterocycles. The molecular formula is C15H15FN2O. The molecule has 1 amide bonds. The van der Waals surface area contributed by atoms with Crippen LogP contribution in [0, 0.1) is 12.7 Å². The number of rotatable bonds is 2. The van der Waals surface area contributed by atoms with Gasteiger partial charge >= 0.3 is 0 Å². The molecular weight excluding hydrogens is 243 g/mol.